The third-order valence-corrected chi connectivity index (χ3v) is 3.15. The van der Waals surface area contributed by atoms with Crippen LogP contribution in [0.3, 0.4) is 0 Å². The van der Waals surface area contributed by atoms with Crippen LogP contribution >= 0.6 is 0 Å². The molecule has 0 atom stereocenters. The Morgan fingerprint density at radius 1 is 1.37 bits per heavy atom. The zero-order valence-corrected chi connectivity index (χ0v) is 11.0. The molecule has 1 heterocycles. The summed E-state index contributed by atoms with van der Waals surface area (Å²) in [4.78, 5) is 24.7. The molecule has 2 rings (SSSR count). The van der Waals surface area contributed by atoms with Crippen LogP contribution in [0.4, 0.5) is 0 Å². The van der Waals surface area contributed by atoms with Crippen molar-refractivity contribution in [2.45, 2.75) is 19.4 Å². The van der Waals surface area contributed by atoms with Gasteiger partial charge in [0.15, 0.2) is 0 Å². The highest BCUT2D eigenvalue weighted by Gasteiger charge is 2.21. The Morgan fingerprint density at radius 3 is 2.68 bits per heavy atom. The Kier molecular flexibility index (Phi) is 4.39. The predicted octanol–water partition coefficient (Wildman–Crippen LogP) is 0.934. The second-order valence-corrected chi connectivity index (χ2v) is 4.54. The highest BCUT2D eigenvalue weighted by molar-refractivity contribution is 5.85. The van der Waals surface area contributed by atoms with Crippen LogP contribution in [0.1, 0.15) is 18.4 Å². The van der Waals surface area contributed by atoms with Gasteiger partial charge in [-0.1, -0.05) is 12.1 Å². The molecule has 1 aliphatic rings. The van der Waals surface area contributed by atoms with Gasteiger partial charge in [0.2, 0.25) is 11.8 Å². The van der Waals surface area contributed by atoms with E-state index in [1.165, 1.54) is 0 Å². The van der Waals surface area contributed by atoms with Crippen LogP contribution in [0.5, 0.6) is 5.75 Å². The van der Waals surface area contributed by atoms with E-state index in [9.17, 15) is 9.59 Å². The molecule has 19 heavy (non-hydrogen) atoms. The topological polar surface area (TPSA) is 58.6 Å². The molecular formula is C14H18N2O3. The molecule has 5 nitrogen and oxygen atoms in total. The number of methoxy groups -OCH3 is 1. The van der Waals surface area contributed by atoms with E-state index in [1.54, 1.807) is 12.0 Å². The minimum absolute atomic E-state index is 0.0691. The number of nitrogens with zero attached hydrogens (tertiary/aromatic N) is 1. The molecule has 2 amide bonds. The SMILES string of the molecule is COc1ccc(CNC(=O)CN2CCCC2=O)cc1. The molecule has 1 fully saturated rings. The maximum Gasteiger partial charge on any atom is 0.239 e. The van der Waals surface area contributed by atoms with E-state index in [2.05, 4.69) is 5.32 Å². The summed E-state index contributed by atoms with van der Waals surface area (Å²) in [5.74, 6) is 0.739. The molecular weight excluding hydrogens is 244 g/mol. The average Bonchev–Trinajstić information content (AvgIpc) is 2.82. The molecule has 102 valence electrons. The fourth-order valence-corrected chi connectivity index (χ4v) is 2.04. The number of likely N-dealkylation sites (tertiary alicyclic amines) is 1. The van der Waals surface area contributed by atoms with Gasteiger partial charge in [0.1, 0.15) is 5.75 Å². The summed E-state index contributed by atoms with van der Waals surface area (Å²) < 4.78 is 5.06. The van der Waals surface area contributed by atoms with Crippen molar-refractivity contribution < 1.29 is 14.3 Å². The number of carbonyl (C=O) groups is 2. The molecule has 1 aliphatic heterocycles. The van der Waals surface area contributed by atoms with Crippen LogP contribution in [-0.4, -0.2) is 36.9 Å². The van der Waals surface area contributed by atoms with Crippen molar-refractivity contribution in [1.82, 2.24) is 10.2 Å². The van der Waals surface area contributed by atoms with Crippen LogP contribution in [-0.2, 0) is 16.1 Å². The van der Waals surface area contributed by atoms with E-state index in [0.717, 1.165) is 17.7 Å². The largest absolute Gasteiger partial charge is 0.497 e. The average molecular weight is 262 g/mol. The standard InChI is InChI=1S/C14H18N2O3/c1-19-12-6-4-11(5-7-12)9-15-13(17)10-16-8-2-3-14(16)18/h4-7H,2-3,8-10H2,1H3,(H,15,17). The van der Waals surface area contributed by atoms with Crippen molar-refractivity contribution in [2.24, 2.45) is 0 Å². The zero-order valence-electron chi connectivity index (χ0n) is 11.0. The molecule has 1 saturated heterocycles. The first-order chi connectivity index (χ1) is 9.19. The van der Waals surface area contributed by atoms with E-state index >= 15 is 0 Å². The van der Waals surface area contributed by atoms with Gasteiger partial charge < -0.3 is 15.0 Å². The molecule has 0 saturated carbocycles. The minimum Gasteiger partial charge on any atom is -0.497 e. The number of amides is 2. The number of rotatable bonds is 5. The van der Waals surface area contributed by atoms with E-state index < -0.39 is 0 Å². The lowest BCUT2D eigenvalue weighted by Gasteiger charge is -2.15. The Balaban J connectivity index is 1.77. The lowest BCUT2D eigenvalue weighted by Crippen LogP contribution is -2.37. The number of hydrogen-bond donors (Lipinski definition) is 1. The second kappa shape index (κ2) is 6.22. The monoisotopic (exact) mass is 262 g/mol. The molecule has 1 aromatic rings. The normalized spacial score (nSPS) is 14.6. The lowest BCUT2D eigenvalue weighted by molar-refractivity contribution is -0.133. The van der Waals surface area contributed by atoms with Crippen LogP contribution in [0.15, 0.2) is 24.3 Å². The molecule has 0 unspecified atom stereocenters. The van der Waals surface area contributed by atoms with Gasteiger partial charge in [-0.2, -0.15) is 0 Å². The van der Waals surface area contributed by atoms with E-state index in [1.807, 2.05) is 24.3 Å². The van der Waals surface area contributed by atoms with Crippen LogP contribution in [0, 0.1) is 0 Å². The molecule has 0 aliphatic carbocycles. The molecule has 1 aromatic carbocycles. The highest BCUT2D eigenvalue weighted by Crippen LogP contribution is 2.11. The summed E-state index contributed by atoms with van der Waals surface area (Å²) >= 11 is 0. The lowest BCUT2D eigenvalue weighted by atomic mass is 10.2. The Labute approximate surface area is 112 Å². The number of hydrogen-bond acceptors (Lipinski definition) is 3. The predicted molar refractivity (Wildman–Crippen MR) is 70.7 cm³/mol. The van der Waals surface area contributed by atoms with Gasteiger partial charge in [-0.15, -0.1) is 0 Å². The second-order valence-electron chi connectivity index (χ2n) is 4.54. The maximum atomic E-state index is 11.7. The van der Waals surface area contributed by atoms with Crippen LogP contribution in [0.25, 0.3) is 0 Å². The smallest absolute Gasteiger partial charge is 0.239 e. The molecule has 0 radical (unpaired) electrons. The van der Waals surface area contributed by atoms with E-state index in [-0.39, 0.29) is 18.4 Å². The van der Waals surface area contributed by atoms with E-state index in [0.29, 0.717) is 19.5 Å². The quantitative estimate of drug-likeness (QED) is 0.859. The minimum atomic E-state index is -0.119. The summed E-state index contributed by atoms with van der Waals surface area (Å²) in [5, 5.41) is 2.81. The first-order valence-electron chi connectivity index (χ1n) is 6.36. The van der Waals surface area contributed by atoms with Crippen molar-refractivity contribution in [3.8, 4) is 5.75 Å². The van der Waals surface area contributed by atoms with Crippen LogP contribution in [0.2, 0.25) is 0 Å². The number of nitrogens with one attached hydrogen (secondary N) is 1. The third-order valence-electron chi connectivity index (χ3n) is 3.15. The number of carbonyl (C=O) groups excluding carboxylic acids is 2. The van der Waals surface area contributed by atoms with Crippen molar-refractivity contribution in [3.63, 3.8) is 0 Å². The Morgan fingerprint density at radius 2 is 2.11 bits per heavy atom. The summed E-state index contributed by atoms with van der Waals surface area (Å²) in [6.45, 7) is 1.31. The van der Waals surface area contributed by atoms with Gasteiger partial charge >= 0.3 is 0 Å². The van der Waals surface area contributed by atoms with Gasteiger partial charge in [0.05, 0.1) is 13.7 Å². The van der Waals surface area contributed by atoms with Crippen LogP contribution < -0.4 is 10.1 Å². The van der Waals surface area contributed by atoms with Crippen molar-refractivity contribution in [2.75, 3.05) is 20.2 Å². The maximum absolute atomic E-state index is 11.7. The third kappa shape index (κ3) is 3.71. The molecule has 0 spiro atoms. The fraction of sp³-hybridized carbons (Fsp3) is 0.429. The Hall–Kier alpha value is -2.04. The molecule has 0 aromatic heterocycles. The molecule has 0 bridgehead atoms. The van der Waals surface area contributed by atoms with Gasteiger partial charge in [-0.3, -0.25) is 9.59 Å². The molecule has 5 heteroatoms. The fourth-order valence-electron chi connectivity index (χ4n) is 2.04. The number of ether oxygens (including phenoxy) is 1. The summed E-state index contributed by atoms with van der Waals surface area (Å²) in [5.41, 5.74) is 1.00. The van der Waals surface area contributed by atoms with Crippen molar-refractivity contribution in [1.29, 1.82) is 0 Å². The zero-order chi connectivity index (χ0) is 13.7. The summed E-state index contributed by atoms with van der Waals surface area (Å²) in [6.07, 6.45) is 1.41. The van der Waals surface area contributed by atoms with Gasteiger partial charge in [0, 0.05) is 19.5 Å². The number of benzene rings is 1. The van der Waals surface area contributed by atoms with Crippen molar-refractivity contribution >= 4 is 11.8 Å². The summed E-state index contributed by atoms with van der Waals surface area (Å²) in [6, 6.07) is 7.51. The van der Waals surface area contributed by atoms with E-state index in [4.69, 9.17) is 4.74 Å². The van der Waals surface area contributed by atoms with Gasteiger partial charge in [-0.05, 0) is 24.1 Å². The van der Waals surface area contributed by atoms with Gasteiger partial charge in [-0.25, -0.2) is 0 Å². The Bertz CT molecular complexity index is 456. The van der Waals surface area contributed by atoms with Crippen molar-refractivity contribution in [3.05, 3.63) is 29.8 Å². The highest BCUT2D eigenvalue weighted by atomic mass is 16.5. The van der Waals surface area contributed by atoms with Gasteiger partial charge in [0.25, 0.3) is 0 Å². The first kappa shape index (κ1) is 13.4. The summed E-state index contributed by atoms with van der Waals surface area (Å²) in [7, 11) is 1.61. The molecule has 1 N–H and O–H groups in total. The first-order valence-corrected chi connectivity index (χ1v) is 6.36.